The Labute approximate surface area is 105 Å². The first kappa shape index (κ1) is 12.3. The second-order valence-corrected chi connectivity index (χ2v) is 4.34. The predicted octanol–water partition coefficient (Wildman–Crippen LogP) is 2.04. The summed E-state index contributed by atoms with van der Waals surface area (Å²) in [5.74, 6) is 1.67. The molecule has 0 aromatic heterocycles. The molecular formula is C12H15ClO4. The third-order valence-electron chi connectivity index (χ3n) is 2.53. The molecule has 4 nitrogen and oxygen atoms in total. The van der Waals surface area contributed by atoms with Gasteiger partial charge in [0.05, 0.1) is 13.2 Å². The number of benzene rings is 1. The van der Waals surface area contributed by atoms with E-state index in [4.69, 9.17) is 25.8 Å². The Kier molecular flexibility index (Phi) is 3.64. The molecule has 0 fully saturated rings. The van der Waals surface area contributed by atoms with E-state index in [0.717, 1.165) is 5.56 Å². The maximum atomic E-state index is 9.45. The summed E-state index contributed by atoms with van der Waals surface area (Å²) < 4.78 is 16.2. The number of aliphatic hydroxyl groups excluding tert-OH is 1. The van der Waals surface area contributed by atoms with Crippen LogP contribution in [0.1, 0.15) is 12.5 Å². The third-order valence-corrected chi connectivity index (χ3v) is 2.87. The van der Waals surface area contributed by atoms with E-state index < -0.39 is 6.10 Å². The van der Waals surface area contributed by atoms with Crippen molar-refractivity contribution in [3.8, 4) is 17.2 Å². The summed E-state index contributed by atoms with van der Waals surface area (Å²) in [7, 11) is 1.54. The fraction of sp³-hybridized carbons (Fsp3) is 0.500. The zero-order chi connectivity index (χ0) is 12.4. The Morgan fingerprint density at radius 2 is 2.18 bits per heavy atom. The van der Waals surface area contributed by atoms with Crippen molar-refractivity contribution in [2.45, 2.75) is 19.4 Å². The standard InChI is InChI=1S/C12H15ClO4/c1-7(14)5-8-6-9-12(17-4-3-16-9)10(13)11(8)15-2/h6-7,14H,3-5H2,1-2H3. The molecule has 1 aromatic rings. The average molecular weight is 259 g/mol. The van der Waals surface area contributed by atoms with Crippen LogP contribution in [0, 0.1) is 0 Å². The van der Waals surface area contributed by atoms with Crippen molar-refractivity contribution in [1.29, 1.82) is 0 Å². The first-order chi connectivity index (χ1) is 8.13. The minimum absolute atomic E-state index is 0.403. The molecule has 17 heavy (non-hydrogen) atoms. The second kappa shape index (κ2) is 5.02. The van der Waals surface area contributed by atoms with Gasteiger partial charge in [0, 0.05) is 12.0 Å². The molecular weight excluding hydrogens is 244 g/mol. The summed E-state index contributed by atoms with van der Waals surface area (Å²) >= 11 is 6.20. The number of aliphatic hydroxyl groups is 1. The van der Waals surface area contributed by atoms with E-state index in [-0.39, 0.29) is 0 Å². The SMILES string of the molecule is COc1c(CC(C)O)cc2c(c1Cl)OCCO2. The molecule has 0 amide bonds. The number of fused-ring (bicyclic) bond motifs is 1. The van der Waals surface area contributed by atoms with Gasteiger partial charge in [0.15, 0.2) is 11.5 Å². The van der Waals surface area contributed by atoms with Crippen molar-refractivity contribution in [2.24, 2.45) is 0 Å². The van der Waals surface area contributed by atoms with Gasteiger partial charge in [-0.2, -0.15) is 0 Å². The van der Waals surface area contributed by atoms with Crippen LogP contribution >= 0.6 is 11.6 Å². The Morgan fingerprint density at radius 3 is 2.82 bits per heavy atom. The molecule has 1 aliphatic rings. The zero-order valence-electron chi connectivity index (χ0n) is 9.83. The number of methoxy groups -OCH3 is 1. The van der Waals surface area contributed by atoms with Crippen LogP contribution < -0.4 is 14.2 Å². The van der Waals surface area contributed by atoms with Gasteiger partial charge in [-0.15, -0.1) is 0 Å². The van der Waals surface area contributed by atoms with Crippen molar-refractivity contribution < 1.29 is 19.3 Å². The normalized spacial score (nSPS) is 15.5. The average Bonchev–Trinajstić information content (AvgIpc) is 2.29. The highest BCUT2D eigenvalue weighted by Crippen LogP contribution is 2.45. The van der Waals surface area contributed by atoms with Gasteiger partial charge in [0.1, 0.15) is 24.0 Å². The molecule has 1 unspecified atom stereocenters. The van der Waals surface area contributed by atoms with Gasteiger partial charge in [-0.05, 0) is 13.0 Å². The molecule has 0 radical (unpaired) electrons. The summed E-state index contributed by atoms with van der Waals surface area (Å²) in [4.78, 5) is 0. The molecule has 1 aliphatic heterocycles. The van der Waals surface area contributed by atoms with Crippen molar-refractivity contribution >= 4 is 11.6 Å². The van der Waals surface area contributed by atoms with Gasteiger partial charge in [0.2, 0.25) is 0 Å². The molecule has 0 aliphatic carbocycles. The minimum atomic E-state index is -0.470. The predicted molar refractivity (Wildman–Crippen MR) is 64.4 cm³/mol. The highest BCUT2D eigenvalue weighted by Gasteiger charge is 2.23. The highest BCUT2D eigenvalue weighted by molar-refractivity contribution is 6.34. The van der Waals surface area contributed by atoms with Crippen molar-refractivity contribution in [1.82, 2.24) is 0 Å². The van der Waals surface area contributed by atoms with E-state index in [1.807, 2.05) is 6.07 Å². The van der Waals surface area contributed by atoms with Gasteiger partial charge >= 0.3 is 0 Å². The quantitative estimate of drug-likeness (QED) is 0.901. The largest absolute Gasteiger partial charge is 0.495 e. The molecule has 0 bridgehead atoms. The number of halogens is 1. The monoisotopic (exact) mass is 258 g/mol. The number of hydrogen-bond acceptors (Lipinski definition) is 4. The maximum Gasteiger partial charge on any atom is 0.183 e. The minimum Gasteiger partial charge on any atom is -0.495 e. The molecule has 0 spiro atoms. The van der Waals surface area contributed by atoms with Gasteiger partial charge in [-0.25, -0.2) is 0 Å². The lowest BCUT2D eigenvalue weighted by Crippen LogP contribution is -2.17. The highest BCUT2D eigenvalue weighted by atomic mass is 35.5. The van der Waals surface area contributed by atoms with Crippen LogP contribution in [0.25, 0.3) is 0 Å². The van der Waals surface area contributed by atoms with Crippen LogP contribution in [0.4, 0.5) is 0 Å². The second-order valence-electron chi connectivity index (χ2n) is 3.96. The van der Waals surface area contributed by atoms with E-state index in [9.17, 15) is 5.11 Å². The molecule has 2 rings (SSSR count). The van der Waals surface area contributed by atoms with E-state index in [2.05, 4.69) is 0 Å². The molecule has 5 heteroatoms. The lowest BCUT2D eigenvalue weighted by atomic mass is 10.1. The van der Waals surface area contributed by atoms with E-state index in [0.29, 0.717) is 41.9 Å². The molecule has 1 aromatic carbocycles. The van der Waals surface area contributed by atoms with Gasteiger partial charge < -0.3 is 19.3 Å². The zero-order valence-corrected chi connectivity index (χ0v) is 10.6. The fourth-order valence-electron chi connectivity index (χ4n) is 1.87. The van der Waals surface area contributed by atoms with Crippen molar-refractivity contribution in [3.05, 3.63) is 16.7 Å². The Hall–Kier alpha value is -1.13. The summed E-state index contributed by atoms with van der Waals surface area (Å²) in [5, 5.41) is 9.85. The number of ether oxygens (including phenoxy) is 3. The lowest BCUT2D eigenvalue weighted by molar-refractivity contribution is 0.169. The molecule has 0 saturated carbocycles. The van der Waals surface area contributed by atoms with Crippen LogP contribution in [0.2, 0.25) is 5.02 Å². The van der Waals surface area contributed by atoms with Crippen LogP contribution in [-0.4, -0.2) is 31.5 Å². The third kappa shape index (κ3) is 2.42. The molecule has 94 valence electrons. The lowest BCUT2D eigenvalue weighted by Gasteiger charge is -2.22. The Balaban J connectivity index is 2.48. The topological polar surface area (TPSA) is 47.9 Å². The number of hydrogen-bond donors (Lipinski definition) is 1. The van der Waals surface area contributed by atoms with Gasteiger partial charge in [-0.3, -0.25) is 0 Å². The van der Waals surface area contributed by atoms with Gasteiger partial charge in [-0.1, -0.05) is 11.6 Å². The van der Waals surface area contributed by atoms with Crippen molar-refractivity contribution in [3.63, 3.8) is 0 Å². The molecule has 1 heterocycles. The number of rotatable bonds is 3. The van der Waals surface area contributed by atoms with Crippen molar-refractivity contribution in [2.75, 3.05) is 20.3 Å². The van der Waals surface area contributed by atoms with E-state index in [1.54, 1.807) is 14.0 Å². The summed E-state index contributed by atoms with van der Waals surface area (Å²) in [6.07, 6.45) is -0.0120. The van der Waals surface area contributed by atoms with E-state index in [1.165, 1.54) is 0 Å². The van der Waals surface area contributed by atoms with Gasteiger partial charge in [0.25, 0.3) is 0 Å². The van der Waals surface area contributed by atoms with Crippen LogP contribution in [0.15, 0.2) is 6.07 Å². The van der Waals surface area contributed by atoms with Crippen LogP contribution in [0.5, 0.6) is 17.2 Å². The summed E-state index contributed by atoms with van der Waals surface area (Å²) in [5.41, 5.74) is 0.816. The fourth-order valence-corrected chi connectivity index (χ4v) is 2.22. The molecule has 0 saturated heterocycles. The summed E-state index contributed by atoms with van der Waals surface area (Å²) in [6.45, 7) is 2.69. The Morgan fingerprint density at radius 1 is 1.47 bits per heavy atom. The first-order valence-electron chi connectivity index (χ1n) is 5.46. The summed E-state index contributed by atoms with van der Waals surface area (Å²) in [6, 6.07) is 1.81. The van der Waals surface area contributed by atoms with Crippen LogP contribution in [0.3, 0.4) is 0 Å². The maximum absolute atomic E-state index is 9.45. The molecule has 1 N–H and O–H groups in total. The Bertz CT molecular complexity index is 417. The molecule has 1 atom stereocenters. The smallest absolute Gasteiger partial charge is 0.183 e. The van der Waals surface area contributed by atoms with Crippen LogP contribution in [-0.2, 0) is 6.42 Å². The first-order valence-corrected chi connectivity index (χ1v) is 5.84. The van der Waals surface area contributed by atoms with E-state index >= 15 is 0 Å².